The number of hydrazone groups is 1. The number of aromatic nitrogens is 3. The summed E-state index contributed by atoms with van der Waals surface area (Å²) in [5.41, 5.74) is 4.41. The summed E-state index contributed by atoms with van der Waals surface area (Å²) in [7, 11) is 0. The Labute approximate surface area is 206 Å². The molecule has 10 heteroatoms. The second-order valence-corrected chi connectivity index (χ2v) is 8.48. The molecule has 4 aromatic rings. The Hall–Kier alpha value is -3.98. The van der Waals surface area contributed by atoms with Crippen molar-refractivity contribution in [2.45, 2.75) is 19.3 Å². The first kappa shape index (κ1) is 22.8. The number of furan rings is 1. The molecule has 2 N–H and O–H groups in total. The molecule has 2 aromatic heterocycles. The molecule has 1 aliphatic rings. The van der Waals surface area contributed by atoms with E-state index in [2.05, 4.69) is 35.7 Å². The fourth-order valence-corrected chi connectivity index (χ4v) is 3.93. The molecular formula is C25H23ClFN7O. The number of halogens is 2. The molecule has 178 valence electrons. The largest absolute Gasteiger partial charge is 0.455 e. The van der Waals surface area contributed by atoms with Gasteiger partial charge in [0.25, 0.3) is 0 Å². The average molecular weight is 492 g/mol. The Bertz CT molecular complexity index is 1320. The van der Waals surface area contributed by atoms with Crippen LogP contribution < -0.4 is 15.6 Å². The van der Waals surface area contributed by atoms with Crippen LogP contribution >= 0.6 is 11.6 Å². The van der Waals surface area contributed by atoms with Crippen LogP contribution in [0.4, 0.5) is 27.9 Å². The first-order valence-electron chi connectivity index (χ1n) is 11.3. The van der Waals surface area contributed by atoms with Crippen molar-refractivity contribution in [3.8, 4) is 11.3 Å². The third kappa shape index (κ3) is 5.93. The molecular weight excluding hydrogens is 469 g/mol. The van der Waals surface area contributed by atoms with Gasteiger partial charge in [-0.2, -0.15) is 20.1 Å². The second kappa shape index (κ2) is 10.5. The molecule has 0 saturated carbocycles. The highest BCUT2D eigenvalue weighted by Crippen LogP contribution is 2.25. The van der Waals surface area contributed by atoms with Gasteiger partial charge in [0.05, 0.1) is 6.21 Å². The third-order valence-corrected chi connectivity index (χ3v) is 5.69. The number of hydrogen-bond acceptors (Lipinski definition) is 8. The summed E-state index contributed by atoms with van der Waals surface area (Å²) in [5.74, 6) is 2.11. The van der Waals surface area contributed by atoms with E-state index in [1.54, 1.807) is 18.3 Å². The van der Waals surface area contributed by atoms with Crippen molar-refractivity contribution in [1.82, 2.24) is 15.0 Å². The van der Waals surface area contributed by atoms with Crippen LogP contribution in [0.15, 0.2) is 70.2 Å². The minimum atomic E-state index is -0.312. The summed E-state index contributed by atoms with van der Waals surface area (Å²) in [6.45, 7) is 1.75. The van der Waals surface area contributed by atoms with Gasteiger partial charge in [0.2, 0.25) is 17.8 Å². The summed E-state index contributed by atoms with van der Waals surface area (Å²) in [6, 6.07) is 17.1. The lowest BCUT2D eigenvalue weighted by atomic mass is 10.1. The Morgan fingerprint density at radius 3 is 2.54 bits per heavy atom. The van der Waals surface area contributed by atoms with Gasteiger partial charge in [-0.15, -0.1) is 0 Å². The fourth-order valence-electron chi connectivity index (χ4n) is 3.74. The van der Waals surface area contributed by atoms with Gasteiger partial charge >= 0.3 is 0 Å². The van der Waals surface area contributed by atoms with Crippen LogP contribution in [0.5, 0.6) is 0 Å². The standard InChI is InChI=1S/C25H23ClFN7O/c26-18-6-4-5-17(15-18)22-12-11-21(35-22)16-28-33-24-30-23(29-20-9-7-19(27)8-10-20)31-25(32-24)34-13-2-1-3-14-34/h4-12,15-16H,1-3,13-14H2,(H2,29,30,31,32,33)/b28-16+. The zero-order valence-electron chi connectivity index (χ0n) is 18.8. The van der Waals surface area contributed by atoms with Crippen LogP contribution in [-0.2, 0) is 0 Å². The maximum Gasteiger partial charge on any atom is 0.250 e. The molecule has 1 aliphatic heterocycles. The van der Waals surface area contributed by atoms with E-state index in [1.807, 2.05) is 36.4 Å². The lowest BCUT2D eigenvalue weighted by Crippen LogP contribution is -2.31. The van der Waals surface area contributed by atoms with Gasteiger partial charge in [-0.3, -0.25) is 0 Å². The smallest absolute Gasteiger partial charge is 0.250 e. The maximum absolute atomic E-state index is 13.3. The maximum atomic E-state index is 13.3. The molecule has 0 unspecified atom stereocenters. The number of piperidine rings is 1. The molecule has 0 aliphatic carbocycles. The molecule has 35 heavy (non-hydrogen) atoms. The summed E-state index contributed by atoms with van der Waals surface area (Å²) < 4.78 is 19.1. The van der Waals surface area contributed by atoms with Crippen molar-refractivity contribution in [2.75, 3.05) is 28.7 Å². The molecule has 0 atom stereocenters. The topological polar surface area (TPSA) is 91.5 Å². The highest BCUT2D eigenvalue weighted by molar-refractivity contribution is 6.30. The Morgan fingerprint density at radius 2 is 1.74 bits per heavy atom. The summed E-state index contributed by atoms with van der Waals surface area (Å²) in [6.07, 6.45) is 4.91. The number of nitrogens with zero attached hydrogens (tertiary/aromatic N) is 5. The van der Waals surface area contributed by atoms with Crippen LogP contribution in [0.3, 0.4) is 0 Å². The number of anilines is 4. The minimum Gasteiger partial charge on any atom is -0.455 e. The van der Waals surface area contributed by atoms with E-state index in [-0.39, 0.29) is 11.8 Å². The van der Waals surface area contributed by atoms with Gasteiger partial charge < -0.3 is 14.6 Å². The van der Waals surface area contributed by atoms with E-state index in [1.165, 1.54) is 18.6 Å². The van der Waals surface area contributed by atoms with E-state index in [4.69, 9.17) is 16.0 Å². The molecule has 1 fully saturated rings. The normalized spacial score (nSPS) is 13.8. The molecule has 0 bridgehead atoms. The van der Waals surface area contributed by atoms with Gasteiger partial charge in [0.1, 0.15) is 17.3 Å². The van der Waals surface area contributed by atoms with Crippen LogP contribution in [0.2, 0.25) is 5.02 Å². The first-order chi connectivity index (χ1) is 17.1. The zero-order chi connectivity index (χ0) is 24.0. The Morgan fingerprint density at radius 1 is 0.943 bits per heavy atom. The second-order valence-electron chi connectivity index (χ2n) is 8.04. The van der Waals surface area contributed by atoms with Gasteiger partial charge in [0, 0.05) is 29.4 Å². The van der Waals surface area contributed by atoms with E-state index in [0.717, 1.165) is 31.5 Å². The number of hydrogen-bond donors (Lipinski definition) is 2. The number of benzene rings is 2. The van der Waals surface area contributed by atoms with Crippen molar-refractivity contribution < 1.29 is 8.81 Å². The van der Waals surface area contributed by atoms with Crippen LogP contribution in [0.25, 0.3) is 11.3 Å². The molecule has 1 saturated heterocycles. The van der Waals surface area contributed by atoms with E-state index < -0.39 is 0 Å². The minimum absolute atomic E-state index is 0.281. The number of nitrogens with one attached hydrogen (secondary N) is 2. The van der Waals surface area contributed by atoms with E-state index >= 15 is 0 Å². The van der Waals surface area contributed by atoms with E-state index in [0.29, 0.717) is 34.1 Å². The Balaban J connectivity index is 1.34. The molecule has 5 rings (SSSR count). The van der Waals surface area contributed by atoms with Gasteiger partial charge in [-0.05, 0) is 67.8 Å². The monoisotopic (exact) mass is 491 g/mol. The molecule has 2 aromatic carbocycles. The predicted octanol–water partition coefficient (Wildman–Crippen LogP) is 6.10. The molecule has 0 amide bonds. The predicted molar refractivity (Wildman–Crippen MR) is 136 cm³/mol. The SMILES string of the molecule is Fc1ccc(Nc2nc(N/N=C/c3ccc(-c4cccc(Cl)c4)o3)nc(N3CCCCC3)n2)cc1. The Kier molecular flexibility index (Phi) is 6.85. The van der Waals surface area contributed by atoms with Gasteiger partial charge in [-0.25, -0.2) is 9.82 Å². The summed E-state index contributed by atoms with van der Waals surface area (Å²) in [5, 5.41) is 7.99. The molecule has 3 heterocycles. The summed E-state index contributed by atoms with van der Waals surface area (Å²) in [4.78, 5) is 15.6. The fraction of sp³-hybridized carbons (Fsp3) is 0.200. The van der Waals surface area contributed by atoms with Crippen LogP contribution in [0, 0.1) is 5.82 Å². The number of rotatable bonds is 7. The molecule has 8 nitrogen and oxygen atoms in total. The van der Waals surface area contributed by atoms with Gasteiger partial charge in [0.15, 0.2) is 0 Å². The van der Waals surface area contributed by atoms with Crippen molar-refractivity contribution >= 4 is 41.3 Å². The zero-order valence-corrected chi connectivity index (χ0v) is 19.5. The highest BCUT2D eigenvalue weighted by Gasteiger charge is 2.16. The molecule has 0 radical (unpaired) electrons. The lowest BCUT2D eigenvalue weighted by Gasteiger charge is -2.26. The van der Waals surface area contributed by atoms with Crippen LogP contribution in [-0.4, -0.2) is 34.3 Å². The lowest BCUT2D eigenvalue weighted by molar-refractivity contribution is 0.568. The van der Waals surface area contributed by atoms with Gasteiger partial charge in [-0.1, -0.05) is 23.7 Å². The van der Waals surface area contributed by atoms with Crippen molar-refractivity contribution in [3.05, 3.63) is 77.3 Å². The highest BCUT2D eigenvalue weighted by atomic mass is 35.5. The molecule has 0 spiro atoms. The van der Waals surface area contributed by atoms with Crippen LogP contribution in [0.1, 0.15) is 25.0 Å². The van der Waals surface area contributed by atoms with E-state index in [9.17, 15) is 4.39 Å². The average Bonchev–Trinajstić information content (AvgIpc) is 3.35. The van der Waals surface area contributed by atoms with Crippen molar-refractivity contribution in [1.29, 1.82) is 0 Å². The first-order valence-corrected chi connectivity index (χ1v) is 11.7. The quantitative estimate of drug-likeness (QED) is 0.238. The third-order valence-electron chi connectivity index (χ3n) is 5.46. The van der Waals surface area contributed by atoms with Crippen molar-refractivity contribution in [3.63, 3.8) is 0 Å². The summed E-state index contributed by atoms with van der Waals surface area (Å²) >= 11 is 6.07. The van der Waals surface area contributed by atoms with Crippen molar-refractivity contribution in [2.24, 2.45) is 5.10 Å².